The number of sulfonamides is 1. The van der Waals surface area contributed by atoms with Crippen molar-refractivity contribution in [1.29, 1.82) is 0 Å². The Kier molecular flexibility index (Phi) is 5.31. The minimum atomic E-state index is -3.42. The number of carbonyl (C=O) groups excluding carboxylic acids is 1. The molecule has 29 heavy (non-hydrogen) atoms. The van der Waals surface area contributed by atoms with Gasteiger partial charge in [-0.25, -0.2) is 8.42 Å². The minimum absolute atomic E-state index is 0.0733. The standard InChI is InChI=1S/C20H23N3O5S/c1-27-17-8-7-15(12-18(17)28-16-4-2-3-5-16)21-20(24)14-6-9-19-22-29(25,26)11-10-23(19)13-14/h6-9,12-13,16H,2-5,10-11H2,1H3,(H,21,24). The zero-order valence-electron chi connectivity index (χ0n) is 16.1. The second-order valence-electron chi connectivity index (χ2n) is 7.19. The van der Waals surface area contributed by atoms with E-state index in [0.717, 1.165) is 25.7 Å². The number of benzene rings is 1. The van der Waals surface area contributed by atoms with Gasteiger partial charge in [-0.1, -0.05) is 0 Å². The maximum atomic E-state index is 12.7. The van der Waals surface area contributed by atoms with Gasteiger partial charge in [0.05, 0.1) is 24.5 Å². The Morgan fingerprint density at radius 3 is 2.76 bits per heavy atom. The number of methoxy groups -OCH3 is 1. The van der Waals surface area contributed by atoms with Crippen molar-refractivity contribution in [3.8, 4) is 11.5 Å². The highest BCUT2D eigenvalue weighted by Crippen LogP contribution is 2.34. The van der Waals surface area contributed by atoms with Gasteiger partial charge in [0, 0.05) is 24.5 Å². The summed E-state index contributed by atoms with van der Waals surface area (Å²) in [6.07, 6.45) is 9.24. The fourth-order valence-electron chi connectivity index (χ4n) is 3.57. The van der Waals surface area contributed by atoms with Crippen molar-refractivity contribution in [2.45, 2.75) is 31.8 Å². The third-order valence-electron chi connectivity index (χ3n) is 5.10. The van der Waals surface area contributed by atoms with Crippen LogP contribution in [-0.2, 0) is 14.8 Å². The smallest absolute Gasteiger partial charge is 0.257 e. The highest BCUT2D eigenvalue weighted by molar-refractivity contribution is 7.90. The van der Waals surface area contributed by atoms with Crippen LogP contribution in [0.1, 0.15) is 25.7 Å². The molecule has 3 aliphatic rings. The minimum Gasteiger partial charge on any atom is -0.493 e. The van der Waals surface area contributed by atoms with Crippen LogP contribution in [0.25, 0.3) is 0 Å². The molecule has 1 aromatic carbocycles. The van der Waals surface area contributed by atoms with Crippen molar-refractivity contribution in [3.63, 3.8) is 0 Å². The van der Waals surface area contributed by atoms with Crippen LogP contribution >= 0.6 is 0 Å². The van der Waals surface area contributed by atoms with Crippen molar-refractivity contribution >= 4 is 27.5 Å². The quantitative estimate of drug-likeness (QED) is 0.790. The molecule has 1 saturated carbocycles. The first-order valence-corrected chi connectivity index (χ1v) is 11.2. The van der Waals surface area contributed by atoms with Crippen molar-refractivity contribution < 1.29 is 22.7 Å². The summed E-state index contributed by atoms with van der Waals surface area (Å²) in [7, 11) is -1.83. The lowest BCUT2D eigenvalue weighted by molar-refractivity contribution is -0.112. The molecule has 2 heterocycles. The van der Waals surface area contributed by atoms with Crippen LogP contribution in [0.2, 0.25) is 0 Å². The van der Waals surface area contributed by atoms with Gasteiger partial charge in [0.15, 0.2) is 11.5 Å². The van der Waals surface area contributed by atoms with Gasteiger partial charge >= 0.3 is 0 Å². The predicted molar refractivity (Wildman–Crippen MR) is 110 cm³/mol. The number of nitrogens with zero attached hydrogens (tertiary/aromatic N) is 2. The van der Waals surface area contributed by atoms with Gasteiger partial charge in [0.1, 0.15) is 5.84 Å². The molecule has 0 bridgehead atoms. The fourth-order valence-corrected chi connectivity index (χ4v) is 4.54. The number of ether oxygens (including phenoxy) is 2. The first-order valence-electron chi connectivity index (χ1n) is 9.59. The lowest BCUT2D eigenvalue weighted by atomic mass is 10.1. The zero-order valence-corrected chi connectivity index (χ0v) is 16.9. The number of hydrogen-bond donors (Lipinski definition) is 1. The Bertz CT molecular complexity index is 1010. The van der Waals surface area contributed by atoms with Gasteiger partial charge in [-0.3, -0.25) is 4.79 Å². The number of nitrogens with one attached hydrogen (secondary N) is 1. The Balaban J connectivity index is 1.48. The van der Waals surface area contributed by atoms with E-state index in [4.69, 9.17) is 9.47 Å². The molecule has 1 aromatic rings. The number of carbonyl (C=O) groups is 1. The monoisotopic (exact) mass is 417 g/mol. The molecule has 4 rings (SSSR count). The van der Waals surface area contributed by atoms with Gasteiger partial charge in [-0.2, -0.15) is 0 Å². The van der Waals surface area contributed by atoms with Crippen molar-refractivity contribution in [2.75, 3.05) is 24.7 Å². The largest absolute Gasteiger partial charge is 0.493 e. The maximum Gasteiger partial charge on any atom is 0.257 e. The first-order chi connectivity index (χ1) is 13.9. The number of hydrogen-bond acceptors (Lipinski definition) is 6. The van der Waals surface area contributed by atoms with Crippen LogP contribution < -0.4 is 14.8 Å². The van der Waals surface area contributed by atoms with Crippen LogP contribution in [0.15, 0.2) is 46.5 Å². The molecule has 0 saturated heterocycles. The summed E-state index contributed by atoms with van der Waals surface area (Å²) < 4.78 is 38.4. The molecule has 9 heteroatoms. The molecule has 0 radical (unpaired) electrons. The number of rotatable bonds is 5. The maximum absolute atomic E-state index is 12.7. The number of anilines is 1. The van der Waals surface area contributed by atoms with E-state index in [9.17, 15) is 13.2 Å². The normalized spacial score (nSPS) is 20.5. The van der Waals surface area contributed by atoms with Crippen molar-refractivity contribution in [1.82, 2.24) is 4.90 Å². The summed E-state index contributed by atoms with van der Waals surface area (Å²) in [5.74, 6) is 1.19. The third kappa shape index (κ3) is 4.45. The van der Waals surface area contributed by atoms with Crippen LogP contribution in [-0.4, -0.2) is 50.6 Å². The van der Waals surface area contributed by atoms with E-state index < -0.39 is 10.0 Å². The average molecular weight is 417 g/mol. The molecule has 0 spiro atoms. The number of fused-ring (bicyclic) bond motifs is 1. The Morgan fingerprint density at radius 2 is 2.00 bits per heavy atom. The second kappa shape index (κ2) is 7.90. The lowest BCUT2D eigenvalue weighted by Crippen LogP contribution is -2.37. The molecular formula is C20H23N3O5S. The van der Waals surface area contributed by atoms with Gasteiger partial charge < -0.3 is 19.7 Å². The molecule has 1 fully saturated rings. The van der Waals surface area contributed by atoms with Crippen molar-refractivity contribution in [2.24, 2.45) is 4.40 Å². The van der Waals surface area contributed by atoms with E-state index in [1.54, 1.807) is 42.5 Å². The van der Waals surface area contributed by atoms with E-state index >= 15 is 0 Å². The number of amidine groups is 1. The topological polar surface area (TPSA) is 97.3 Å². The molecule has 1 N–H and O–H groups in total. The molecule has 2 aliphatic heterocycles. The average Bonchev–Trinajstić information content (AvgIpc) is 3.20. The van der Waals surface area contributed by atoms with Crippen LogP contribution in [0.3, 0.4) is 0 Å². The number of amides is 1. The summed E-state index contributed by atoms with van der Waals surface area (Å²) in [6, 6.07) is 5.29. The van der Waals surface area contributed by atoms with Gasteiger partial charge in [0.2, 0.25) is 0 Å². The van der Waals surface area contributed by atoms with Crippen LogP contribution in [0.4, 0.5) is 5.69 Å². The highest BCUT2D eigenvalue weighted by Gasteiger charge is 2.25. The fraction of sp³-hybridized carbons (Fsp3) is 0.400. The van der Waals surface area contributed by atoms with Gasteiger partial charge in [0.25, 0.3) is 15.9 Å². The molecule has 1 aliphatic carbocycles. The molecule has 0 unspecified atom stereocenters. The van der Waals surface area contributed by atoms with E-state index in [2.05, 4.69) is 9.71 Å². The van der Waals surface area contributed by atoms with Gasteiger partial charge in [-0.15, -0.1) is 4.40 Å². The van der Waals surface area contributed by atoms with E-state index in [1.807, 2.05) is 0 Å². The summed E-state index contributed by atoms with van der Waals surface area (Å²) in [4.78, 5) is 14.4. The lowest BCUT2D eigenvalue weighted by Gasteiger charge is -2.27. The summed E-state index contributed by atoms with van der Waals surface area (Å²) in [5.41, 5.74) is 1.01. The third-order valence-corrected chi connectivity index (χ3v) is 6.27. The van der Waals surface area contributed by atoms with Crippen molar-refractivity contribution in [3.05, 3.63) is 42.1 Å². The van der Waals surface area contributed by atoms with E-state index in [1.165, 1.54) is 6.08 Å². The zero-order chi connectivity index (χ0) is 20.4. The SMILES string of the molecule is COc1ccc(NC(=O)C2=CN3CCS(=O)(=O)N=C3C=C2)cc1OC1CCCC1. The molecule has 1 amide bonds. The van der Waals surface area contributed by atoms with E-state index in [0.29, 0.717) is 28.6 Å². The molecule has 0 aromatic heterocycles. The summed E-state index contributed by atoms with van der Waals surface area (Å²) >= 11 is 0. The Labute approximate surface area is 169 Å². The van der Waals surface area contributed by atoms with Gasteiger partial charge in [-0.05, 0) is 50.0 Å². The Morgan fingerprint density at radius 1 is 1.21 bits per heavy atom. The summed E-state index contributed by atoms with van der Waals surface area (Å²) in [5, 5.41) is 2.86. The second-order valence-corrected chi connectivity index (χ2v) is 8.95. The highest BCUT2D eigenvalue weighted by atomic mass is 32.2. The van der Waals surface area contributed by atoms with Crippen LogP contribution in [0, 0.1) is 0 Å². The summed E-state index contributed by atoms with van der Waals surface area (Å²) in [6.45, 7) is 0.268. The predicted octanol–water partition coefficient (Wildman–Crippen LogP) is 2.45. The van der Waals surface area contributed by atoms with E-state index in [-0.39, 0.29) is 24.3 Å². The molecule has 154 valence electrons. The Hall–Kier alpha value is -2.81. The van der Waals surface area contributed by atoms with Crippen LogP contribution in [0.5, 0.6) is 11.5 Å². The molecule has 8 nitrogen and oxygen atoms in total. The first kappa shape index (κ1) is 19.5. The molecule has 0 atom stereocenters. The molecular weight excluding hydrogens is 394 g/mol.